The van der Waals surface area contributed by atoms with Crippen molar-refractivity contribution in [2.75, 3.05) is 24.3 Å². The number of anilines is 2. The summed E-state index contributed by atoms with van der Waals surface area (Å²) in [4.78, 5) is 20.7. The highest BCUT2D eigenvalue weighted by atomic mass is 16.6. The van der Waals surface area contributed by atoms with Gasteiger partial charge in [-0.15, -0.1) is 0 Å². The van der Waals surface area contributed by atoms with E-state index in [1.165, 1.54) is 0 Å². The molecule has 0 aromatic carbocycles. The summed E-state index contributed by atoms with van der Waals surface area (Å²) in [5, 5.41) is 14.0. The van der Waals surface area contributed by atoms with Gasteiger partial charge in [-0.1, -0.05) is 0 Å². The molecule has 0 aliphatic carbocycles. The highest BCUT2D eigenvalue weighted by Gasteiger charge is 2.24. The smallest absolute Gasteiger partial charge is 0.332 e. The fourth-order valence-corrected chi connectivity index (χ4v) is 1.87. The highest BCUT2D eigenvalue weighted by Crippen LogP contribution is 2.29. The predicted octanol–water partition coefficient (Wildman–Crippen LogP) is 1.96. The zero-order valence-corrected chi connectivity index (χ0v) is 11.5. The van der Waals surface area contributed by atoms with Crippen LogP contribution in [-0.4, -0.2) is 29.0 Å². The first kappa shape index (κ1) is 13.8. The maximum Gasteiger partial charge on any atom is 0.332 e. The maximum absolute atomic E-state index is 11.2. The molecule has 8 nitrogen and oxygen atoms in total. The van der Waals surface area contributed by atoms with Gasteiger partial charge in [0.1, 0.15) is 5.69 Å². The molecule has 20 heavy (non-hydrogen) atoms. The second-order valence-electron chi connectivity index (χ2n) is 4.30. The van der Waals surface area contributed by atoms with Crippen LogP contribution >= 0.6 is 0 Å². The number of nitrogens with one attached hydrogen (secondary N) is 1. The largest absolute Gasteiger partial charge is 0.472 e. The monoisotopic (exact) mass is 277 g/mol. The van der Waals surface area contributed by atoms with Crippen molar-refractivity contribution >= 4 is 17.5 Å². The summed E-state index contributed by atoms with van der Waals surface area (Å²) in [6.45, 7) is 2.05. The van der Waals surface area contributed by atoms with Crippen LogP contribution in [0.3, 0.4) is 0 Å². The Kier molecular flexibility index (Phi) is 3.83. The molecule has 2 heterocycles. The second kappa shape index (κ2) is 5.55. The third-order valence-corrected chi connectivity index (χ3v) is 2.81. The SMILES string of the molecule is CNc1nc(C)c([N+](=O)[O-])c(N(C)Cc2ccoc2)n1. The van der Waals surface area contributed by atoms with E-state index in [0.717, 1.165) is 5.56 Å². The van der Waals surface area contributed by atoms with Crippen LogP contribution in [-0.2, 0) is 6.54 Å². The molecule has 0 bridgehead atoms. The zero-order valence-electron chi connectivity index (χ0n) is 11.5. The summed E-state index contributed by atoms with van der Waals surface area (Å²) < 4.78 is 4.99. The van der Waals surface area contributed by atoms with E-state index in [1.54, 1.807) is 44.5 Å². The molecule has 2 aromatic rings. The number of furan rings is 1. The first-order valence-electron chi connectivity index (χ1n) is 5.96. The average Bonchev–Trinajstić information content (AvgIpc) is 2.89. The Bertz CT molecular complexity index is 612. The maximum atomic E-state index is 11.2. The molecule has 0 aliphatic rings. The van der Waals surface area contributed by atoms with Gasteiger partial charge in [0, 0.05) is 26.2 Å². The minimum atomic E-state index is -0.462. The van der Waals surface area contributed by atoms with Crippen molar-refractivity contribution in [2.24, 2.45) is 0 Å². The van der Waals surface area contributed by atoms with Gasteiger partial charge in [-0.2, -0.15) is 4.98 Å². The summed E-state index contributed by atoms with van der Waals surface area (Å²) in [7, 11) is 3.40. The van der Waals surface area contributed by atoms with E-state index in [-0.39, 0.29) is 11.5 Å². The van der Waals surface area contributed by atoms with Crippen LogP contribution in [0.5, 0.6) is 0 Å². The molecule has 0 saturated heterocycles. The number of nitrogens with zero attached hydrogens (tertiary/aromatic N) is 4. The van der Waals surface area contributed by atoms with Crippen molar-refractivity contribution in [3.63, 3.8) is 0 Å². The minimum absolute atomic E-state index is 0.0880. The van der Waals surface area contributed by atoms with Crippen LogP contribution in [0.4, 0.5) is 17.5 Å². The van der Waals surface area contributed by atoms with Gasteiger partial charge in [0.2, 0.25) is 11.8 Å². The topological polar surface area (TPSA) is 97.3 Å². The first-order chi connectivity index (χ1) is 9.52. The number of rotatable bonds is 5. The number of hydrogen-bond acceptors (Lipinski definition) is 7. The zero-order chi connectivity index (χ0) is 14.7. The molecule has 106 valence electrons. The van der Waals surface area contributed by atoms with Gasteiger partial charge in [-0.05, 0) is 13.0 Å². The summed E-state index contributed by atoms with van der Waals surface area (Å²) in [6, 6.07) is 1.80. The van der Waals surface area contributed by atoms with Gasteiger partial charge >= 0.3 is 5.69 Å². The summed E-state index contributed by atoms with van der Waals surface area (Å²) >= 11 is 0. The number of aryl methyl sites for hydroxylation is 1. The summed E-state index contributed by atoms with van der Waals surface area (Å²) in [5.74, 6) is 0.621. The quantitative estimate of drug-likeness (QED) is 0.659. The van der Waals surface area contributed by atoms with Gasteiger partial charge in [-0.3, -0.25) is 10.1 Å². The fraction of sp³-hybridized carbons (Fsp3) is 0.333. The lowest BCUT2D eigenvalue weighted by Gasteiger charge is -2.18. The van der Waals surface area contributed by atoms with Crippen molar-refractivity contribution in [1.29, 1.82) is 0 Å². The molecule has 0 aliphatic heterocycles. The fourth-order valence-electron chi connectivity index (χ4n) is 1.87. The average molecular weight is 277 g/mol. The van der Waals surface area contributed by atoms with E-state index >= 15 is 0 Å². The molecule has 8 heteroatoms. The van der Waals surface area contributed by atoms with Crippen LogP contribution in [0.25, 0.3) is 0 Å². The van der Waals surface area contributed by atoms with Crippen molar-refractivity contribution in [3.8, 4) is 0 Å². The molecule has 0 atom stereocenters. The number of nitro groups is 1. The normalized spacial score (nSPS) is 10.3. The van der Waals surface area contributed by atoms with Crippen LogP contribution in [0.2, 0.25) is 0 Å². The van der Waals surface area contributed by atoms with Crippen molar-refractivity contribution in [2.45, 2.75) is 13.5 Å². The van der Waals surface area contributed by atoms with Crippen LogP contribution < -0.4 is 10.2 Å². The predicted molar refractivity (Wildman–Crippen MR) is 73.8 cm³/mol. The lowest BCUT2D eigenvalue weighted by Crippen LogP contribution is -2.20. The van der Waals surface area contributed by atoms with E-state index in [9.17, 15) is 10.1 Å². The second-order valence-corrected chi connectivity index (χ2v) is 4.30. The standard InChI is InChI=1S/C12H15N5O3/c1-8-10(17(18)19)11(15-12(13-2)14-8)16(3)6-9-4-5-20-7-9/h4-5,7H,6H2,1-3H3,(H,13,14,15). The van der Waals surface area contributed by atoms with E-state index in [0.29, 0.717) is 18.2 Å². The lowest BCUT2D eigenvalue weighted by atomic mass is 10.3. The first-order valence-corrected chi connectivity index (χ1v) is 5.96. The van der Waals surface area contributed by atoms with E-state index in [4.69, 9.17) is 4.42 Å². The van der Waals surface area contributed by atoms with Crippen molar-refractivity contribution in [3.05, 3.63) is 40.0 Å². The van der Waals surface area contributed by atoms with Gasteiger partial charge < -0.3 is 14.6 Å². The Morgan fingerprint density at radius 2 is 2.25 bits per heavy atom. The Morgan fingerprint density at radius 1 is 1.50 bits per heavy atom. The van der Waals surface area contributed by atoms with Crippen LogP contribution in [0.1, 0.15) is 11.3 Å². The van der Waals surface area contributed by atoms with Gasteiger partial charge in [-0.25, -0.2) is 4.98 Å². The van der Waals surface area contributed by atoms with E-state index in [1.807, 2.05) is 0 Å². The third-order valence-electron chi connectivity index (χ3n) is 2.81. The van der Waals surface area contributed by atoms with E-state index < -0.39 is 4.92 Å². The van der Waals surface area contributed by atoms with Gasteiger partial charge in [0.05, 0.1) is 17.4 Å². The molecule has 2 rings (SSSR count). The third kappa shape index (κ3) is 2.68. The van der Waals surface area contributed by atoms with Gasteiger partial charge in [0.15, 0.2) is 0 Å². The van der Waals surface area contributed by atoms with Gasteiger partial charge in [0.25, 0.3) is 0 Å². The Labute approximate surface area is 115 Å². The van der Waals surface area contributed by atoms with Crippen LogP contribution in [0.15, 0.2) is 23.0 Å². The molecule has 2 aromatic heterocycles. The van der Waals surface area contributed by atoms with Crippen LogP contribution in [0, 0.1) is 17.0 Å². The Morgan fingerprint density at radius 3 is 2.80 bits per heavy atom. The Balaban J connectivity index is 2.42. The minimum Gasteiger partial charge on any atom is -0.472 e. The molecule has 0 saturated carbocycles. The lowest BCUT2D eigenvalue weighted by molar-refractivity contribution is -0.385. The molecule has 0 spiro atoms. The molecule has 1 N–H and O–H groups in total. The Hall–Kier alpha value is -2.64. The number of aromatic nitrogens is 2. The highest BCUT2D eigenvalue weighted by molar-refractivity contribution is 5.62. The van der Waals surface area contributed by atoms with Crippen molar-refractivity contribution in [1.82, 2.24) is 9.97 Å². The molecule has 0 amide bonds. The molecule has 0 unspecified atom stereocenters. The van der Waals surface area contributed by atoms with Crippen molar-refractivity contribution < 1.29 is 9.34 Å². The molecular formula is C12H15N5O3. The molecule has 0 radical (unpaired) electrons. The molecular weight excluding hydrogens is 262 g/mol. The van der Waals surface area contributed by atoms with E-state index in [2.05, 4.69) is 15.3 Å². The number of hydrogen-bond donors (Lipinski definition) is 1. The summed E-state index contributed by atoms with van der Waals surface area (Å²) in [6.07, 6.45) is 3.15. The summed E-state index contributed by atoms with van der Waals surface area (Å²) in [5.41, 5.74) is 1.14. The molecule has 0 fully saturated rings.